The monoisotopic (exact) mass is 130 g/mol. The van der Waals surface area contributed by atoms with E-state index in [9.17, 15) is 4.79 Å². The fourth-order valence-electron chi connectivity index (χ4n) is 0.816. The Labute approximate surface area is 53.6 Å². The number of hydrogen-bond donors (Lipinski definition) is 1. The van der Waals surface area contributed by atoms with Gasteiger partial charge in [0.1, 0.15) is 0 Å². The minimum absolute atomic E-state index is 0.0856. The van der Waals surface area contributed by atoms with Crippen LogP contribution in [0.4, 0.5) is 0 Å². The molecule has 0 bridgehead atoms. The maximum absolute atomic E-state index is 10.7. The van der Waals surface area contributed by atoms with Crippen molar-refractivity contribution in [3.63, 3.8) is 0 Å². The molecule has 2 atom stereocenters. The minimum Gasteiger partial charge on any atom is -0.390 e. The van der Waals surface area contributed by atoms with Gasteiger partial charge in [-0.15, -0.1) is 0 Å². The molecule has 0 aromatic rings. The van der Waals surface area contributed by atoms with Crippen LogP contribution in [-0.4, -0.2) is 29.2 Å². The van der Waals surface area contributed by atoms with E-state index in [1.165, 1.54) is 6.92 Å². The Kier molecular flexibility index (Phi) is 1.33. The van der Waals surface area contributed by atoms with Crippen molar-refractivity contribution in [2.45, 2.75) is 25.6 Å². The number of Topliss-reactive ketones (excluding diaryl/α,β-unsaturated/α-hetero) is 1. The summed E-state index contributed by atoms with van der Waals surface area (Å²) in [6, 6.07) is 0. The van der Waals surface area contributed by atoms with Crippen LogP contribution in [0.5, 0.6) is 0 Å². The smallest absolute Gasteiger partial charge is 0.174 e. The zero-order valence-electron chi connectivity index (χ0n) is 5.55. The Morgan fingerprint density at radius 2 is 2.33 bits per heavy atom. The van der Waals surface area contributed by atoms with Crippen molar-refractivity contribution >= 4 is 5.78 Å². The van der Waals surface area contributed by atoms with Crippen LogP contribution < -0.4 is 0 Å². The lowest BCUT2D eigenvalue weighted by molar-refractivity contribution is -0.125. The molecule has 0 unspecified atom stereocenters. The van der Waals surface area contributed by atoms with Gasteiger partial charge in [0.15, 0.2) is 11.4 Å². The van der Waals surface area contributed by atoms with Gasteiger partial charge in [-0.1, -0.05) is 0 Å². The predicted octanol–water partition coefficient (Wildman–Crippen LogP) is -0.275. The number of ketones is 1. The SMILES string of the molecule is CC(=O)[C@@]1([C@@H](C)O)CO1. The quantitative estimate of drug-likeness (QED) is 0.523. The average Bonchev–Trinajstić information content (AvgIpc) is 2.40. The third kappa shape index (κ3) is 0.862. The van der Waals surface area contributed by atoms with Crippen molar-refractivity contribution in [2.24, 2.45) is 0 Å². The van der Waals surface area contributed by atoms with Crippen LogP contribution in [0, 0.1) is 0 Å². The third-order valence-electron chi connectivity index (χ3n) is 1.73. The molecule has 1 N–H and O–H groups in total. The number of rotatable bonds is 2. The summed E-state index contributed by atoms with van der Waals surface area (Å²) < 4.78 is 4.82. The second kappa shape index (κ2) is 1.78. The Hall–Kier alpha value is -0.410. The molecule has 3 nitrogen and oxygen atoms in total. The Morgan fingerprint density at radius 3 is 2.33 bits per heavy atom. The van der Waals surface area contributed by atoms with Crippen LogP contribution in [0.1, 0.15) is 13.8 Å². The van der Waals surface area contributed by atoms with Gasteiger partial charge in [0, 0.05) is 0 Å². The normalized spacial score (nSPS) is 35.9. The molecule has 1 aliphatic heterocycles. The highest BCUT2D eigenvalue weighted by molar-refractivity contribution is 5.88. The van der Waals surface area contributed by atoms with Crippen LogP contribution in [0.25, 0.3) is 0 Å². The van der Waals surface area contributed by atoms with Crippen LogP contribution in [0.3, 0.4) is 0 Å². The molecular weight excluding hydrogens is 120 g/mol. The lowest BCUT2D eigenvalue weighted by atomic mass is 10.0. The number of aliphatic hydroxyl groups is 1. The van der Waals surface area contributed by atoms with E-state index in [0.717, 1.165) is 0 Å². The summed E-state index contributed by atoms with van der Waals surface area (Å²) in [6.45, 7) is 3.37. The third-order valence-corrected chi connectivity index (χ3v) is 1.73. The Bertz CT molecular complexity index is 135. The number of hydrogen-bond acceptors (Lipinski definition) is 3. The van der Waals surface area contributed by atoms with E-state index in [1.54, 1.807) is 6.92 Å². The van der Waals surface area contributed by atoms with E-state index in [4.69, 9.17) is 9.84 Å². The highest BCUT2D eigenvalue weighted by Gasteiger charge is 2.53. The Balaban J connectivity index is 2.63. The Morgan fingerprint density at radius 1 is 1.89 bits per heavy atom. The summed E-state index contributed by atoms with van der Waals surface area (Å²) in [7, 11) is 0. The number of carbonyl (C=O) groups is 1. The second-order valence-corrected chi connectivity index (χ2v) is 2.41. The summed E-state index contributed by atoms with van der Waals surface area (Å²) in [6.07, 6.45) is -0.671. The van der Waals surface area contributed by atoms with Crippen molar-refractivity contribution in [1.82, 2.24) is 0 Å². The molecule has 0 spiro atoms. The van der Waals surface area contributed by atoms with Gasteiger partial charge in [-0.2, -0.15) is 0 Å². The maximum atomic E-state index is 10.7. The zero-order valence-corrected chi connectivity index (χ0v) is 5.55. The van der Waals surface area contributed by atoms with E-state index in [-0.39, 0.29) is 5.78 Å². The van der Waals surface area contributed by atoms with Crippen LogP contribution in [0.15, 0.2) is 0 Å². The first-order valence-electron chi connectivity index (χ1n) is 2.92. The summed E-state index contributed by atoms with van der Waals surface area (Å²) >= 11 is 0. The molecule has 1 aliphatic rings. The summed E-state index contributed by atoms with van der Waals surface area (Å²) in [4.78, 5) is 10.7. The predicted molar refractivity (Wildman–Crippen MR) is 31.0 cm³/mol. The zero-order chi connectivity index (χ0) is 7.07. The van der Waals surface area contributed by atoms with Crippen LogP contribution in [-0.2, 0) is 9.53 Å². The van der Waals surface area contributed by atoms with Crippen molar-refractivity contribution < 1.29 is 14.6 Å². The van der Waals surface area contributed by atoms with E-state index in [0.29, 0.717) is 6.61 Å². The molecule has 52 valence electrons. The van der Waals surface area contributed by atoms with Crippen molar-refractivity contribution in [3.05, 3.63) is 0 Å². The molecule has 1 fully saturated rings. The van der Waals surface area contributed by atoms with Gasteiger partial charge in [-0.25, -0.2) is 0 Å². The first-order chi connectivity index (χ1) is 4.09. The topological polar surface area (TPSA) is 49.8 Å². The highest BCUT2D eigenvalue weighted by atomic mass is 16.6. The van der Waals surface area contributed by atoms with Crippen LogP contribution >= 0.6 is 0 Å². The number of carbonyl (C=O) groups excluding carboxylic acids is 1. The number of aliphatic hydroxyl groups excluding tert-OH is 1. The molecule has 1 heterocycles. The molecule has 0 aromatic heterocycles. The first-order valence-corrected chi connectivity index (χ1v) is 2.92. The van der Waals surface area contributed by atoms with Gasteiger partial charge in [-0.3, -0.25) is 4.79 Å². The lowest BCUT2D eigenvalue weighted by Crippen LogP contribution is -2.34. The largest absolute Gasteiger partial charge is 0.390 e. The lowest BCUT2D eigenvalue weighted by Gasteiger charge is -2.09. The fraction of sp³-hybridized carbons (Fsp3) is 0.833. The van der Waals surface area contributed by atoms with Gasteiger partial charge < -0.3 is 9.84 Å². The average molecular weight is 130 g/mol. The van der Waals surface area contributed by atoms with E-state index in [2.05, 4.69) is 0 Å². The number of epoxide rings is 1. The molecular formula is C6H10O3. The maximum Gasteiger partial charge on any atom is 0.174 e. The molecule has 0 aromatic carbocycles. The van der Waals surface area contributed by atoms with Gasteiger partial charge in [-0.05, 0) is 13.8 Å². The molecule has 1 rings (SSSR count). The number of ether oxygens (including phenoxy) is 1. The van der Waals surface area contributed by atoms with Gasteiger partial charge in [0.05, 0.1) is 12.7 Å². The molecule has 0 saturated carbocycles. The summed E-state index contributed by atoms with van der Waals surface area (Å²) in [5, 5.41) is 8.97. The van der Waals surface area contributed by atoms with E-state index in [1.807, 2.05) is 0 Å². The van der Waals surface area contributed by atoms with Crippen molar-refractivity contribution in [3.8, 4) is 0 Å². The molecule has 0 aliphatic carbocycles. The van der Waals surface area contributed by atoms with Crippen molar-refractivity contribution in [1.29, 1.82) is 0 Å². The highest BCUT2D eigenvalue weighted by Crippen LogP contribution is 2.31. The van der Waals surface area contributed by atoms with Gasteiger partial charge in [0.2, 0.25) is 0 Å². The first kappa shape index (κ1) is 6.71. The van der Waals surface area contributed by atoms with Gasteiger partial charge >= 0.3 is 0 Å². The molecule has 9 heavy (non-hydrogen) atoms. The fourth-order valence-corrected chi connectivity index (χ4v) is 0.816. The summed E-state index contributed by atoms with van der Waals surface area (Å²) in [5.74, 6) is -0.0856. The summed E-state index contributed by atoms with van der Waals surface area (Å²) in [5.41, 5.74) is -0.833. The van der Waals surface area contributed by atoms with Crippen LogP contribution in [0.2, 0.25) is 0 Å². The van der Waals surface area contributed by atoms with E-state index < -0.39 is 11.7 Å². The second-order valence-electron chi connectivity index (χ2n) is 2.41. The molecule has 0 amide bonds. The minimum atomic E-state index is -0.833. The molecule has 3 heteroatoms. The van der Waals surface area contributed by atoms with Gasteiger partial charge in [0.25, 0.3) is 0 Å². The molecule has 1 saturated heterocycles. The van der Waals surface area contributed by atoms with Crippen molar-refractivity contribution in [2.75, 3.05) is 6.61 Å². The standard InChI is InChI=1S/C6H10O3/c1-4(7)6(3-9-6)5(2)8/h4,7H,3H2,1-2H3/t4-,6+/m1/s1. The van der Waals surface area contributed by atoms with E-state index >= 15 is 0 Å². The molecule has 0 radical (unpaired) electrons.